The van der Waals surface area contributed by atoms with E-state index in [1.165, 1.54) is 19.3 Å². The number of likely N-dealkylation sites (tertiary alicyclic amines) is 1. The molecule has 0 amide bonds. The summed E-state index contributed by atoms with van der Waals surface area (Å²) < 4.78 is 0. The van der Waals surface area contributed by atoms with Gasteiger partial charge in [-0.15, -0.1) is 0 Å². The smallest absolute Gasteiger partial charge is 0.164 e. The minimum atomic E-state index is 0.290. The minimum Gasteiger partial charge on any atom is -0.303 e. The van der Waals surface area contributed by atoms with E-state index in [1.54, 1.807) is 0 Å². The lowest BCUT2D eigenvalue weighted by Gasteiger charge is -2.21. The Morgan fingerprint density at radius 2 is 2.00 bits per heavy atom. The molecule has 2 nitrogen and oxygen atoms in total. The number of Topliss-reactive ketones (excluding diaryl/α,β-unsaturated/α-hetero) is 1. The molecule has 2 rings (SSSR count). The number of aryl methyl sites for hydroxylation is 1. The van der Waals surface area contributed by atoms with Crippen LogP contribution in [0.3, 0.4) is 0 Å². The van der Waals surface area contributed by atoms with Gasteiger partial charge < -0.3 is 4.90 Å². The summed E-state index contributed by atoms with van der Waals surface area (Å²) >= 11 is 0. The van der Waals surface area contributed by atoms with Gasteiger partial charge in [0.15, 0.2) is 5.78 Å². The molecule has 1 fully saturated rings. The van der Waals surface area contributed by atoms with E-state index in [1.807, 2.05) is 31.2 Å². The Balaban J connectivity index is 1.83. The van der Waals surface area contributed by atoms with Crippen LogP contribution in [0.4, 0.5) is 0 Å². The van der Waals surface area contributed by atoms with Gasteiger partial charge in [0.05, 0.1) is 0 Å². The Kier molecular flexibility index (Phi) is 5.98. The highest BCUT2D eigenvalue weighted by molar-refractivity contribution is 5.97. The molecule has 1 atom stereocenters. The van der Waals surface area contributed by atoms with Crippen LogP contribution in [0.5, 0.6) is 0 Å². The van der Waals surface area contributed by atoms with E-state index in [2.05, 4.69) is 18.7 Å². The first-order valence-electron chi connectivity index (χ1n) is 8.39. The van der Waals surface area contributed by atoms with Crippen LogP contribution in [-0.2, 0) is 0 Å². The van der Waals surface area contributed by atoms with E-state index in [-0.39, 0.29) is 5.78 Å². The monoisotopic (exact) mass is 287 g/mol. The fraction of sp³-hybridized carbons (Fsp3) is 0.632. The molecule has 1 heterocycles. The molecule has 116 valence electrons. The van der Waals surface area contributed by atoms with Crippen LogP contribution in [0.25, 0.3) is 0 Å². The maximum absolute atomic E-state index is 12.3. The minimum absolute atomic E-state index is 0.290. The molecule has 0 radical (unpaired) electrons. The second kappa shape index (κ2) is 7.74. The molecule has 2 heteroatoms. The van der Waals surface area contributed by atoms with E-state index in [4.69, 9.17) is 0 Å². The molecule has 21 heavy (non-hydrogen) atoms. The molecule has 0 aliphatic carbocycles. The van der Waals surface area contributed by atoms with Crippen LogP contribution < -0.4 is 0 Å². The number of hydrogen-bond acceptors (Lipinski definition) is 2. The second-order valence-electron chi connectivity index (χ2n) is 6.76. The lowest BCUT2D eigenvalue weighted by atomic mass is 9.89. The van der Waals surface area contributed by atoms with Crippen molar-refractivity contribution in [1.29, 1.82) is 0 Å². The van der Waals surface area contributed by atoms with Crippen LogP contribution in [0.1, 0.15) is 55.5 Å². The summed E-state index contributed by atoms with van der Waals surface area (Å²) in [5.41, 5.74) is 1.99. The summed E-state index contributed by atoms with van der Waals surface area (Å²) in [7, 11) is 0. The number of carbonyl (C=O) groups excluding carboxylic acids is 1. The van der Waals surface area contributed by atoms with Crippen molar-refractivity contribution in [3.8, 4) is 0 Å². The highest BCUT2D eigenvalue weighted by Crippen LogP contribution is 2.24. The molecule has 1 aromatic rings. The third-order valence-electron chi connectivity index (χ3n) is 4.91. The lowest BCUT2D eigenvalue weighted by molar-refractivity contribution is 0.0964. The molecule has 0 bridgehead atoms. The summed E-state index contributed by atoms with van der Waals surface area (Å²) in [5, 5.41) is 0. The van der Waals surface area contributed by atoms with Gasteiger partial charge in [-0.25, -0.2) is 0 Å². The Labute approximate surface area is 129 Å². The zero-order valence-corrected chi connectivity index (χ0v) is 13.8. The van der Waals surface area contributed by atoms with E-state index < -0.39 is 0 Å². The fourth-order valence-electron chi connectivity index (χ4n) is 3.35. The normalized spacial score (nSPS) is 20.5. The zero-order chi connectivity index (χ0) is 15.2. The number of rotatable bonds is 5. The summed E-state index contributed by atoms with van der Waals surface area (Å²) in [6.45, 7) is 9.92. The van der Waals surface area contributed by atoms with Gasteiger partial charge in [0.25, 0.3) is 0 Å². The molecular formula is C19H29NO. The summed E-state index contributed by atoms with van der Waals surface area (Å²) in [4.78, 5) is 14.8. The van der Waals surface area contributed by atoms with Crippen molar-refractivity contribution in [2.24, 2.45) is 11.8 Å². The first-order valence-corrected chi connectivity index (χ1v) is 8.39. The summed E-state index contributed by atoms with van der Waals surface area (Å²) in [6, 6.07) is 7.92. The third-order valence-corrected chi connectivity index (χ3v) is 4.91. The molecule has 0 saturated carbocycles. The number of benzene rings is 1. The van der Waals surface area contributed by atoms with Crippen LogP contribution in [0, 0.1) is 18.8 Å². The van der Waals surface area contributed by atoms with Gasteiger partial charge in [0, 0.05) is 18.5 Å². The quantitative estimate of drug-likeness (QED) is 0.751. The van der Waals surface area contributed by atoms with Crippen molar-refractivity contribution < 1.29 is 4.79 Å². The maximum atomic E-state index is 12.3. The average Bonchev–Trinajstić information content (AvgIpc) is 2.71. The highest BCUT2D eigenvalue weighted by atomic mass is 16.1. The first kappa shape index (κ1) is 16.2. The Hall–Kier alpha value is -1.15. The molecule has 0 N–H and O–H groups in total. The van der Waals surface area contributed by atoms with Gasteiger partial charge >= 0.3 is 0 Å². The third kappa shape index (κ3) is 4.67. The topological polar surface area (TPSA) is 20.3 Å². The van der Waals surface area contributed by atoms with Crippen molar-refractivity contribution in [1.82, 2.24) is 4.90 Å². The van der Waals surface area contributed by atoms with Crippen molar-refractivity contribution in [3.63, 3.8) is 0 Å². The molecule has 1 saturated heterocycles. The van der Waals surface area contributed by atoms with Crippen LogP contribution in [-0.4, -0.2) is 30.3 Å². The average molecular weight is 287 g/mol. The van der Waals surface area contributed by atoms with Crippen molar-refractivity contribution in [2.45, 2.75) is 46.5 Å². The number of ketones is 1. The fourth-order valence-corrected chi connectivity index (χ4v) is 3.35. The van der Waals surface area contributed by atoms with Crippen molar-refractivity contribution in [3.05, 3.63) is 35.4 Å². The van der Waals surface area contributed by atoms with Crippen LogP contribution in [0.2, 0.25) is 0 Å². The van der Waals surface area contributed by atoms with E-state index >= 15 is 0 Å². The Morgan fingerprint density at radius 3 is 2.71 bits per heavy atom. The van der Waals surface area contributed by atoms with Gasteiger partial charge in [0.2, 0.25) is 0 Å². The van der Waals surface area contributed by atoms with E-state index in [0.29, 0.717) is 6.42 Å². The molecule has 0 spiro atoms. The number of nitrogens with zero attached hydrogens (tertiary/aromatic N) is 1. The van der Waals surface area contributed by atoms with Gasteiger partial charge in [0.1, 0.15) is 0 Å². The second-order valence-corrected chi connectivity index (χ2v) is 6.76. The molecule has 1 aliphatic heterocycles. The van der Waals surface area contributed by atoms with E-state index in [9.17, 15) is 4.79 Å². The number of hydrogen-bond donors (Lipinski definition) is 0. The highest BCUT2D eigenvalue weighted by Gasteiger charge is 2.20. The summed E-state index contributed by atoms with van der Waals surface area (Å²) in [5.74, 6) is 1.94. The number of carbonyl (C=O) groups is 1. The van der Waals surface area contributed by atoms with Gasteiger partial charge in [-0.2, -0.15) is 0 Å². The predicted molar refractivity (Wildman–Crippen MR) is 88.7 cm³/mol. The van der Waals surface area contributed by atoms with Gasteiger partial charge in [-0.05, 0) is 56.7 Å². The molecule has 1 aromatic carbocycles. The Bertz CT molecular complexity index is 466. The van der Waals surface area contributed by atoms with Crippen LogP contribution >= 0.6 is 0 Å². The van der Waals surface area contributed by atoms with Crippen LogP contribution in [0.15, 0.2) is 24.3 Å². The van der Waals surface area contributed by atoms with Crippen molar-refractivity contribution in [2.75, 3.05) is 19.6 Å². The zero-order valence-electron chi connectivity index (χ0n) is 13.8. The first-order chi connectivity index (χ1) is 10.1. The molecular weight excluding hydrogens is 258 g/mol. The Morgan fingerprint density at radius 1 is 1.24 bits per heavy atom. The molecule has 1 unspecified atom stereocenters. The molecule has 1 aliphatic rings. The van der Waals surface area contributed by atoms with Crippen molar-refractivity contribution >= 4 is 5.78 Å². The maximum Gasteiger partial charge on any atom is 0.164 e. The predicted octanol–water partition coefficient (Wildman–Crippen LogP) is 4.33. The molecule has 0 aromatic heterocycles. The SMILES string of the molecule is Cc1ccccc1C(=O)CCN1CCCC(C(C)C)CC1. The largest absolute Gasteiger partial charge is 0.303 e. The van der Waals surface area contributed by atoms with Gasteiger partial charge in [-0.1, -0.05) is 38.1 Å². The standard InChI is InChI=1S/C19H29NO/c1-15(2)17-8-6-12-20(13-10-17)14-11-19(21)18-9-5-4-7-16(18)3/h4-5,7,9,15,17H,6,8,10-14H2,1-3H3. The summed E-state index contributed by atoms with van der Waals surface area (Å²) in [6.07, 6.45) is 4.56. The lowest BCUT2D eigenvalue weighted by Crippen LogP contribution is -2.27. The van der Waals surface area contributed by atoms with Gasteiger partial charge in [-0.3, -0.25) is 4.79 Å². The van der Waals surface area contributed by atoms with E-state index in [0.717, 1.165) is 42.6 Å².